The van der Waals surface area contributed by atoms with Crippen LogP contribution in [0.3, 0.4) is 0 Å². The van der Waals surface area contributed by atoms with E-state index in [1.807, 2.05) is 19.9 Å². The van der Waals surface area contributed by atoms with Gasteiger partial charge in [-0.1, -0.05) is 59.2 Å². The Labute approximate surface area is 224 Å². The normalized spacial score (nSPS) is 14.3. The molecule has 2 heterocycles. The van der Waals surface area contributed by atoms with Crippen LogP contribution in [0.4, 0.5) is 5.69 Å². The van der Waals surface area contributed by atoms with Crippen molar-refractivity contribution in [3.63, 3.8) is 0 Å². The number of carbonyl (C=O) groups excluding carboxylic acids is 4. The number of fused-ring (bicyclic) bond motifs is 2. The van der Waals surface area contributed by atoms with Crippen molar-refractivity contribution < 1.29 is 19.2 Å². The van der Waals surface area contributed by atoms with Crippen LogP contribution in [-0.4, -0.2) is 23.6 Å². The standard InChI is InChI=1S/C29H26N2O4.C3H8/c1-14-11-15(2)24(16(3)23(14)29(4,5)6)31-27(34)20-10-8-18(13-22(20)28(31)35)17-7-9-19-21(12-17)26(33)30-25(19)32;1-3-2/h7-13H,1-6H3,(H,30,32,33);3H2,1-2H3. The van der Waals surface area contributed by atoms with Gasteiger partial charge in [0, 0.05) is 0 Å². The Balaban J connectivity index is 0.00000107. The van der Waals surface area contributed by atoms with Gasteiger partial charge < -0.3 is 0 Å². The lowest BCUT2D eigenvalue weighted by Crippen LogP contribution is -2.32. The van der Waals surface area contributed by atoms with Crippen molar-refractivity contribution in [2.24, 2.45) is 0 Å². The lowest BCUT2D eigenvalue weighted by Gasteiger charge is -2.29. The fourth-order valence-electron chi connectivity index (χ4n) is 5.64. The van der Waals surface area contributed by atoms with E-state index in [2.05, 4.69) is 46.9 Å². The summed E-state index contributed by atoms with van der Waals surface area (Å²) in [5, 5.41) is 2.29. The molecule has 0 radical (unpaired) electrons. The number of carbonyl (C=O) groups is 4. The van der Waals surface area contributed by atoms with Crippen molar-refractivity contribution in [2.75, 3.05) is 4.90 Å². The highest BCUT2D eigenvalue weighted by atomic mass is 16.2. The van der Waals surface area contributed by atoms with Crippen LogP contribution in [0.5, 0.6) is 0 Å². The molecule has 38 heavy (non-hydrogen) atoms. The lowest BCUT2D eigenvalue weighted by molar-refractivity contribution is 0.0874. The highest BCUT2D eigenvalue weighted by molar-refractivity contribution is 6.35. The Morgan fingerprint density at radius 2 is 1.18 bits per heavy atom. The molecule has 6 heteroatoms. The Kier molecular flexibility index (Phi) is 6.87. The zero-order valence-corrected chi connectivity index (χ0v) is 23.3. The number of amides is 4. The Morgan fingerprint density at radius 1 is 0.684 bits per heavy atom. The van der Waals surface area contributed by atoms with Gasteiger partial charge in [0.25, 0.3) is 23.6 Å². The van der Waals surface area contributed by atoms with Crippen molar-refractivity contribution in [1.82, 2.24) is 5.32 Å². The van der Waals surface area contributed by atoms with Crippen molar-refractivity contribution >= 4 is 29.3 Å². The molecule has 0 aromatic heterocycles. The summed E-state index contributed by atoms with van der Waals surface area (Å²) in [6, 6.07) is 12.1. The number of nitrogens with zero attached hydrogens (tertiary/aromatic N) is 1. The predicted molar refractivity (Wildman–Crippen MR) is 150 cm³/mol. The van der Waals surface area contributed by atoms with Crippen LogP contribution >= 0.6 is 0 Å². The zero-order chi connectivity index (χ0) is 28.1. The molecule has 3 aromatic rings. The van der Waals surface area contributed by atoms with Crippen LogP contribution in [0.15, 0.2) is 42.5 Å². The second-order valence-electron chi connectivity index (χ2n) is 11.1. The van der Waals surface area contributed by atoms with E-state index in [9.17, 15) is 19.2 Å². The van der Waals surface area contributed by atoms with Gasteiger partial charge in [-0.05, 0) is 83.8 Å². The number of hydrogen-bond acceptors (Lipinski definition) is 4. The van der Waals surface area contributed by atoms with Crippen molar-refractivity contribution in [3.8, 4) is 11.1 Å². The molecule has 2 aliphatic heterocycles. The molecular formula is C32H34N2O4. The van der Waals surface area contributed by atoms with E-state index in [1.54, 1.807) is 36.4 Å². The fourth-order valence-corrected chi connectivity index (χ4v) is 5.64. The second-order valence-corrected chi connectivity index (χ2v) is 11.1. The first kappa shape index (κ1) is 27.0. The molecule has 0 saturated heterocycles. The number of hydrogen-bond donors (Lipinski definition) is 1. The first-order chi connectivity index (χ1) is 17.8. The van der Waals surface area contributed by atoms with Gasteiger partial charge in [-0.2, -0.15) is 0 Å². The molecule has 5 rings (SSSR count). The van der Waals surface area contributed by atoms with Gasteiger partial charge in [0.1, 0.15) is 0 Å². The number of anilines is 1. The smallest absolute Gasteiger partial charge is 0.266 e. The van der Waals surface area contributed by atoms with Crippen LogP contribution in [-0.2, 0) is 5.41 Å². The van der Waals surface area contributed by atoms with Crippen molar-refractivity contribution in [3.05, 3.63) is 87.0 Å². The molecule has 0 saturated carbocycles. The molecule has 2 aliphatic rings. The van der Waals surface area contributed by atoms with E-state index < -0.39 is 11.8 Å². The maximum absolute atomic E-state index is 13.6. The molecule has 0 spiro atoms. The van der Waals surface area contributed by atoms with Gasteiger partial charge in [0.15, 0.2) is 0 Å². The number of imide groups is 2. The molecule has 1 N–H and O–H groups in total. The number of benzene rings is 3. The summed E-state index contributed by atoms with van der Waals surface area (Å²) < 4.78 is 0. The first-order valence-corrected chi connectivity index (χ1v) is 13.0. The lowest BCUT2D eigenvalue weighted by atomic mass is 9.79. The predicted octanol–water partition coefficient (Wildman–Crippen LogP) is 6.68. The minimum absolute atomic E-state index is 0.149. The summed E-state index contributed by atoms with van der Waals surface area (Å²) in [6.45, 7) is 16.6. The molecule has 4 amide bonds. The molecule has 196 valence electrons. The van der Waals surface area contributed by atoms with Crippen LogP contribution < -0.4 is 10.2 Å². The van der Waals surface area contributed by atoms with E-state index in [0.29, 0.717) is 39.1 Å². The SMILES string of the molecule is CCC.Cc1cc(C)c(C(C)(C)C)c(C)c1N1C(=O)c2ccc(-c3ccc4c(c3)C(=O)NC4=O)cc2C1=O. The molecule has 0 aliphatic carbocycles. The minimum Gasteiger partial charge on any atom is -0.288 e. The summed E-state index contributed by atoms with van der Waals surface area (Å²) in [5.74, 6) is -1.56. The summed E-state index contributed by atoms with van der Waals surface area (Å²) >= 11 is 0. The van der Waals surface area contributed by atoms with E-state index in [4.69, 9.17) is 0 Å². The number of aryl methyl sites for hydroxylation is 2. The van der Waals surface area contributed by atoms with Crippen LogP contribution in [0, 0.1) is 20.8 Å². The molecule has 3 aromatic carbocycles. The van der Waals surface area contributed by atoms with Gasteiger partial charge in [0.2, 0.25) is 0 Å². The molecule has 6 nitrogen and oxygen atoms in total. The molecular weight excluding hydrogens is 476 g/mol. The quantitative estimate of drug-likeness (QED) is 0.390. The minimum atomic E-state index is -0.439. The maximum atomic E-state index is 13.6. The Bertz CT molecular complexity index is 1530. The summed E-state index contributed by atoms with van der Waals surface area (Å²) in [6.07, 6.45) is 1.25. The average Bonchev–Trinajstić information content (AvgIpc) is 3.25. The molecule has 0 fully saturated rings. The zero-order valence-electron chi connectivity index (χ0n) is 23.3. The number of rotatable bonds is 2. The molecule has 0 bridgehead atoms. The Morgan fingerprint density at radius 3 is 1.76 bits per heavy atom. The van der Waals surface area contributed by atoms with Crippen LogP contribution in [0.1, 0.15) is 105 Å². The third-order valence-corrected chi connectivity index (χ3v) is 6.86. The average molecular weight is 511 g/mol. The van der Waals surface area contributed by atoms with Crippen LogP contribution in [0.25, 0.3) is 11.1 Å². The van der Waals surface area contributed by atoms with Gasteiger partial charge in [-0.25, -0.2) is 4.90 Å². The number of nitrogens with one attached hydrogen (secondary N) is 1. The summed E-state index contributed by atoms with van der Waals surface area (Å²) in [7, 11) is 0. The fraction of sp³-hybridized carbons (Fsp3) is 0.312. The Hall–Kier alpha value is -4.06. The first-order valence-electron chi connectivity index (χ1n) is 13.0. The van der Waals surface area contributed by atoms with Gasteiger partial charge in [-0.3, -0.25) is 24.5 Å². The summed E-state index contributed by atoms with van der Waals surface area (Å²) in [5.41, 5.74) is 7.24. The topological polar surface area (TPSA) is 83.6 Å². The molecule has 0 atom stereocenters. The van der Waals surface area contributed by atoms with Gasteiger partial charge >= 0.3 is 0 Å². The summed E-state index contributed by atoms with van der Waals surface area (Å²) in [4.78, 5) is 52.3. The van der Waals surface area contributed by atoms with Crippen molar-refractivity contribution in [2.45, 2.75) is 67.2 Å². The van der Waals surface area contributed by atoms with Crippen LogP contribution in [0.2, 0.25) is 0 Å². The largest absolute Gasteiger partial charge is 0.288 e. The highest BCUT2D eigenvalue weighted by Gasteiger charge is 2.39. The van der Waals surface area contributed by atoms with E-state index in [-0.39, 0.29) is 17.2 Å². The second kappa shape index (κ2) is 9.67. The van der Waals surface area contributed by atoms with E-state index >= 15 is 0 Å². The third-order valence-electron chi connectivity index (χ3n) is 6.86. The molecule has 0 unspecified atom stereocenters. The van der Waals surface area contributed by atoms with Gasteiger partial charge in [-0.15, -0.1) is 0 Å². The van der Waals surface area contributed by atoms with E-state index in [1.165, 1.54) is 11.3 Å². The third kappa shape index (κ3) is 4.34. The van der Waals surface area contributed by atoms with Crippen molar-refractivity contribution in [1.29, 1.82) is 0 Å². The maximum Gasteiger partial charge on any atom is 0.266 e. The van der Waals surface area contributed by atoms with E-state index in [0.717, 1.165) is 22.3 Å². The highest BCUT2D eigenvalue weighted by Crippen LogP contribution is 2.40. The van der Waals surface area contributed by atoms with Gasteiger partial charge in [0.05, 0.1) is 27.9 Å². The monoisotopic (exact) mass is 510 g/mol.